The van der Waals surface area contributed by atoms with E-state index in [1.165, 1.54) is 24.3 Å². The molecular formula is C23H19FN2O5. The van der Waals surface area contributed by atoms with Gasteiger partial charge in [0, 0.05) is 6.54 Å². The van der Waals surface area contributed by atoms with Crippen LogP contribution in [0.15, 0.2) is 66.7 Å². The van der Waals surface area contributed by atoms with Crippen molar-refractivity contribution in [2.45, 2.75) is 6.54 Å². The number of carbonyl (C=O) groups excluding carboxylic acids is 2. The zero-order chi connectivity index (χ0) is 21.6. The minimum atomic E-state index is -0.444. The average molecular weight is 422 g/mol. The molecule has 2 amide bonds. The van der Waals surface area contributed by atoms with Crippen LogP contribution in [0.2, 0.25) is 0 Å². The van der Waals surface area contributed by atoms with Gasteiger partial charge in [-0.15, -0.1) is 0 Å². The molecule has 0 aromatic heterocycles. The third-order valence-electron chi connectivity index (χ3n) is 4.52. The van der Waals surface area contributed by atoms with Crippen LogP contribution in [0.1, 0.15) is 15.9 Å². The molecule has 1 aliphatic rings. The van der Waals surface area contributed by atoms with E-state index < -0.39 is 11.7 Å². The molecule has 0 unspecified atom stereocenters. The number of carbonyl (C=O) groups is 2. The molecule has 0 saturated carbocycles. The van der Waals surface area contributed by atoms with E-state index in [4.69, 9.17) is 14.2 Å². The fourth-order valence-corrected chi connectivity index (χ4v) is 2.98. The minimum Gasteiger partial charge on any atom is -0.484 e. The molecule has 3 aromatic carbocycles. The van der Waals surface area contributed by atoms with Crippen molar-refractivity contribution in [2.24, 2.45) is 0 Å². The second kappa shape index (κ2) is 9.17. The predicted octanol–water partition coefficient (Wildman–Crippen LogP) is 3.50. The third-order valence-corrected chi connectivity index (χ3v) is 4.52. The Kier molecular flexibility index (Phi) is 5.98. The van der Waals surface area contributed by atoms with Gasteiger partial charge in [0.25, 0.3) is 11.8 Å². The summed E-state index contributed by atoms with van der Waals surface area (Å²) in [6, 6.07) is 17.5. The Bertz CT molecular complexity index is 1100. The fraction of sp³-hybridized carbons (Fsp3) is 0.130. The van der Waals surface area contributed by atoms with E-state index in [0.717, 1.165) is 5.56 Å². The van der Waals surface area contributed by atoms with Crippen LogP contribution < -0.4 is 24.8 Å². The maximum absolute atomic E-state index is 12.9. The molecule has 0 saturated heterocycles. The second-order valence-corrected chi connectivity index (χ2v) is 6.71. The highest BCUT2D eigenvalue weighted by atomic mass is 19.1. The largest absolute Gasteiger partial charge is 0.484 e. The number of fused-ring (bicyclic) bond motifs is 1. The highest BCUT2D eigenvalue weighted by Gasteiger charge is 2.16. The lowest BCUT2D eigenvalue weighted by Gasteiger charge is -2.12. The predicted molar refractivity (Wildman–Crippen MR) is 111 cm³/mol. The smallest absolute Gasteiger partial charge is 0.262 e. The normalized spacial score (nSPS) is 11.6. The lowest BCUT2D eigenvalue weighted by Crippen LogP contribution is -2.26. The number of nitrogens with one attached hydrogen (secondary N) is 2. The number of anilines is 1. The molecule has 7 nitrogen and oxygen atoms in total. The minimum absolute atomic E-state index is 0.184. The summed E-state index contributed by atoms with van der Waals surface area (Å²) in [7, 11) is 0. The number of hydrogen-bond donors (Lipinski definition) is 2. The third kappa shape index (κ3) is 5.11. The molecule has 158 valence electrons. The Morgan fingerprint density at radius 1 is 0.968 bits per heavy atom. The summed E-state index contributed by atoms with van der Waals surface area (Å²) in [6.07, 6.45) is 0. The Morgan fingerprint density at radius 2 is 1.74 bits per heavy atom. The van der Waals surface area contributed by atoms with Crippen molar-refractivity contribution in [1.29, 1.82) is 0 Å². The van der Waals surface area contributed by atoms with E-state index >= 15 is 0 Å². The molecule has 8 heteroatoms. The number of halogens is 1. The summed E-state index contributed by atoms with van der Waals surface area (Å²) in [6.45, 7) is 0.188. The summed E-state index contributed by atoms with van der Waals surface area (Å²) in [5.41, 5.74) is 1.53. The van der Waals surface area contributed by atoms with Crippen LogP contribution in [0.5, 0.6) is 17.2 Å². The summed E-state index contributed by atoms with van der Waals surface area (Å²) in [5, 5.41) is 5.50. The summed E-state index contributed by atoms with van der Waals surface area (Å²) in [5.74, 6) is 0.503. The van der Waals surface area contributed by atoms with Crippen molar-refractivity contribution < 1.29 is 28.2 Å². The SMILES string of the molecule is O=C(COc1ccc(F)cc1)Nc1ccccc1C(=O)NCc1ccc2c(c1)OCO2. The van der Waals surface area contributed by atoms with Gasteiger partial charge in [0.2, 0.25) is 6.79 Å². The van der Waals surface area contributed by atoms with Crippen LogP contribution in [0.4, 0.5) is 10.1 Å². The molecule has 0 spiro atoms. The van der Waals surface area contributed by atoms with E-state index in [2.05, 4.69) is 10.6 Å². The lowest BCUT2D eigenvalue weighted by molar-refractivity contribution is -0.118. The van der Waals surface area contributed by atoms with E-state index in [1.807, 2.05) is 12.1 Å². The molecule has 31 heavy (non-hydrogen) atoms. The first-order valence-electron chi connectivity index (χ1n) is 9.52. The molecule has 3 aromatic rings. The highest BCUT2D eigenvalue weighted by Crippen LogP contribution is 2.32. The Labute approximate surface area is 177 Å². The van der Waals surface area contributed by atoms with Crippen LogP contribution in [-0.2, 0) is 11.3 Å². The van der Waals surface area contributed by atoms with E-state index in [0.29, 0.717) is 28.5 Å². The molecule has 0 fully saturated rings. The molecule has 1 aliphatic heterocycles. The van der Waals surface area contributed by atoms with Gasteiger partial charge < -0.3 is 24.8 Å². The van der Waals surface area contributed by atoms with Crippen LogP contribution >= 0.6 is 0 Å². The van der Waals surface area contributed by atoms with Crippen molar-refractivity contribution in [3.8, 4) is 17.2 Å². The Hall–Kier alpha value is -4.07. The molecule has 0 bridgehead atoms. The maximum atomic E-state index is 12.9. The average Bonchev–Trinajstić information content (AvgIpc) is 3.25. The quantitative estimate of drug-likeness (QED) is 0.609. The van der Waals surface area contributed by atoms with Crippen molar-refractivity contribution in [1.82, 2.24) is 5.32 Å². The molecule has 0 radical (unpaired) electrons. The van der Waals surface area contributed by atoms with E-state index in [9.17, 15) is 14.0 Å². The van der Waals surface area contributed by atoms with Gasteiger partial charge in [-0.2, -0.15) is 0 Å². The van der Waals surface area contributed by atoms with Crippen molar-refractivity contribution in [2.75, 3.05) is 18.7 Å². The number of rotatable bonds is 7. The first-order valence-corrected chi connectivity index (χ1v) is 9.52. The van der Waals surface area contributed by atoms with Gasteiger partial charge in [-0.3, -0.25) is 9.59 Å². The number of amides is 2. The van der Waals surface area contributed by atoms with Gasteiger partial charge in [-0.25, -0.2) is 4.39 Å². The monoisotopic (exact) mass is 422 g/mol. The van der Waals surface area contributed by atoms with Crippen LogP contribution in [-0.4, -0.2) is 25.2 Å². The molecule has 0 atom stereocenters. The second-order valence-electron chi connectivity index (χ2n) is 6.71. The zero-order valence-electron chi connectivity index (χ0n) is 16.4. The Balaban J connectivity index is 1.35. The highest BCUT2D eigenvalue weighted by molar-refractivity contribution is 6.04. The molecule has 4 rings (SSSR count). The van der Waals surface area contributed by atoms with Crippen molar-refractivity contribution >= 4 is 17.5 Å². The number of hydrogen-bond acceptors (Lipinski definition) is 5. The first kappa shape index (κ1) is 20.2. The Morgan fingerprint density at radius 3 is 2.58 bits per heavy atom. The maximum Gasteiger partial charge on any atom is 0.262 e. The van der Waals surface area contributed by atoms with Gasteiger partial charge in [0.15, 0.2) is 18.1 Å². The topological polar surface area (TPSA) is 85.9 Å². The van der Waals surface area contributed by atoms with Gasteiger partial charge in [-0.1, -0.05) is 18.2 Å². The fourth-order valence-electron chi connectivity index (χ4n) is 2.98. The first-order chi connectivity index (χ1) is 15.1. The van der Waals surface area contributed by atoms with Gasteiger partial charge in [0.05, 0.1) is 11.3 Å². The van der Waals surface area contributed by atoms with Gasteiger partial charge in [-0.05, 0) is 54.1 Å². The van der Waals surface area contributed by atoms with Gasteiger partial charge in [0.1, 0.15) is 11.6 Å². The number of para-hydroxylation sites is 1. The summed E-state index contributed by atoms with van der Waals surface area (Å²) in [4.78, 5) is 24.9. The van der Waals surface area contributed by atoms with Crippen LogP contribution in [0, 0.1) is 5.82 Å². The molecule has 0 aliphatic carbocycles. The van der Waals surface area contributed by atoms with Crippen molar-refractivity contribution in [3.63, 3.8) is 0 Å². The van der Waals surface area contributed by atoms with Crippen molar-refractivity contribution in [3.05, 3.63) is 83.7 Å². The van der Waals surface area contributed by atoms with Crippen LogP contribution in [0.25, 0.3) is 0 Å². The molecular weight excluding hydrogens is 403 g/mol. The van der Waals surface area contributed by atoms with E-state index in [1.54, 1.807) is 30.3 Å². The van der Waals surface area contributed by atoms with Gasteiger partial charge >= 0.3 is 0 Å². The molecule has 2 N–H and O–H groups in total. The van der Waals surface area contributed by atoms with E-state index in [-0.39, 0.29) is 25.9 Å². The number of ether oxygens (including phenoxy) is 3. The summed E-state index contributed by atoms with van der Waals surface area (Å²) >= 11 is 0. The number of benzene rings is 3. The standard InChI is InChI=1S/C23H19FN2O5/c24-16-6-8-17(9-7-16)29-13-22(27)26-19-4-2-1-3-18(19)23(28)25-12-15-5-10-20-21(11-15)31-14-30-20/h1-11H,12-14H2,(H,25,28)(H,26,27). The zero-order valence-corrected chi connectivity index (χ0v) is 16.4. The summed E-state index contributed by atoms with van der Waals surface area (Å²) < 4.78 is 28.9. The molecule has 1 heterocycles. The lowest BCUT2D eigenvalue weighted by atomic mass is 10.1. The van der Waals surface area contributed by atoms with Crippen LogP contribution in [0.3, 0.4) is 0 Å².